The van der Waals surface area contributed by atoms with E-state index in [0.29, 0.717) is 17.1 Å². The van der Waals surface area contributed by atoms with E-state index >= 15 is 0 Å². The molecule has 0 fully saturated rings. The average Bonchev–Trinajstić information content (AvgIpc) is 2.53. The summed E-state index contributed by atoms with van der Waals surface area (Å²) in [6.07, 6.45) is -0.443. The number of thioether (sulfide) groups is 1. The van der Waals surface area contributed by atoms with Crippen molar-refractivity contribution in [3.05, 3.63) is 54.1 Å². The van der Waals surface area contributed by atoms with E-state index in [1.54, 1.807) is 31.0 Å². The highest BCUT2D eigenvalue weighted by atomic mass is 32.2. The van der Waals surface area contributed by atoms with Gasteiger partial charge in [0.2, 0.25) is 5.78 Å². The van der Waals surface area contributed by atoms with E-state index in [1.807, 2.05) is 36.4 Å². The highest BCUT2D eigenvalue weighted by molar-refractivity contribution is 7.99. The number of Topliss-reactive ketones (excluding diaryl/α,β-unsaturated/α-hetero) is 1. The van der Waals surface area contributed by atoms with Crippen molar-refractivity contribution in [2.24, 2.45) is 0 Å². The summed E-state index contributed by atoms with van der Waals surface area (Å²) in [6, 6.07) is 15.0. The van der Waals surface area contributed by atoms with E-state index < -0.39 is 6.10 Å². The number of carbonyl (C=O) groups excluding carboxylic acids is 1. The molecule has 0 saturated carbocycles. The standard InChI is InChI=1S/C16H14O3S/c1-18-12-6-4-5-11(9-12)16(17)14-10-20-15-8-3-2-7-13(15)19-14/h2-9,14H,10H2,1H3. The molecule has 0 spiro atoms. The molecule has 0 aromatic heterocycles. The molecule has 1 unspecified atom stereocenters. The molecule has 102 valence electrons. The van der Waals surface area contributed by atoms with Crippen molar-refractivity contribution in [3.63, 3.8) is 0 Å². The average molecular weight is 286 g/mol. The molecule has 0 saturated heterocycles. The Kier molecular flexibility index (Phi) is 3.65. The number of hydrogen-bond acceptors (Lipinski definition) is 4. The maximum Gasteiger partial charge on any atom is 0.204 e. The maximum atomic E-state index is 12.5. The molecule has 0 amide bonds. The van der Waals surface area contributed by atoms with Gasteiger partial charge in [0.1, 0.15) is 11.5 Å². The van der Waals surface area contributed by atoms with Crippen LogP contribution in [0.1, 0.15) is 10.4 Å². The Morgan fingerprint density at radius 1 is 1.25 bits per heavy atom. The molecule has 2 aromatic carbocycles. The highest BCUT2D eigenvalue weighted by Gasteiger charge is 2.27. The molecule has 0 aliphatic carbocycles. The van der Waals surface area contributed by atoms with E-state index in [1.165, 1.54) is 0 Å². The first-order valence-electron chi connectivity index (χ1n) is 6.34. The largest absolute Gasteiger partial charge is 0.497 e. The van der Waals surface area contributed by atoms with Crippen LogP contribution in [0.4, 0.5) is 0 Å². The van der Waals surface area contributed by atoms with Gasteiger partial charge in [-0.15, -0.1) is 11.8 Å². The van der Waals surface area contributed by atoms with Gasteiger partial charge in [0, 0.05) is 16.2 Å². The molecule has 3 nitrogen and oxygen atoms in total. The number of fused-ring (bicyclic) bond motifs is 1. The lowest BCUT2D eigenvalue weighted by Crippen LogP contribution is -2.32. The van der Waals surface area contributed by atoms with Crippen LogP contribution in [0.25, 0.3) is 0 Å². The Morgan fingerprint density at radius 2 is 2.10 bits per heavy atom. The van der Waals surface area contributed by atoms with Crippen LogP contribution in [0.3, 0.4) is 0 Å². The summed E-state index contributed by atoms with van der Waals surface area (Å²) in [5.74, 6) is 2.09. The summed E-state index contributed by atoms with van der Waals surface area (Å²) in [5, 5.41) is 0. The van der Waals surface area contributed by atoms with Gasteiger partial charge in [-0.3, -0.25) is 4.79 Å². The van der Waals surface area contributed by atoms with E-state index in [2.05, 4.69) is 0 Å². The van der Waals surface area contributed by atoms with Crippen molar-refractivity contribution in [1.82, 2.24) is 0 Å². The minimum Gasteiger partial charge on any atom is -0.497 e. The fraction of sp³-hybridized carbons (Fsp3) is 0.188. The molecular formula is C16H14O3S. The minimum atomic E-state index is -0.443. The number of methoxy groups -OCH3 is 1. The molecule has 0 radical (unpaired) electrons. The zero-order valence-corrected chi connectivity index (χ0v) is 11.9. The lowest BCUT2D eigenvalue weighted by Gasteiger charge is -2.24. The van der Waals surface area contributed by atoms with Gasteiger partial charge in [-0.1, -0.05) is 24.3 Å². The summed E-state index contributed by atoms with van der Waals surface area (Å²) in [7, 11) is 1.59. The van der Waals surface area contributed by atoms with E-state index in [-0.39, 0.29) is 5.78 Å². The number of hydrogen-bond donors (Lipinski definition) is 0. The Hall–Kier alpha value is -1.94. The summed E-state index contributed by atoms with van der Waals surface area (Å²) < 4.78 is 11.0. The Balaban J connectivity index is 1.82. The van der Waals surface area contributed by atoms with Gasteiger partial charge in [0.25, 0.3) is 0 Å². The van der Waals surface area contributed by atoms with Gasteiger partial charge in [0.15, 0.2) is 6.10 Å². The summed E-state index contributed by atoms with van der Waals surface area (Å²) in [6.45, 7) is 0. The summed E-state index contributed by atoms with van der Waals surface area (Å²) >= 11 is 1.65. The number of ketones is 1. The predicted molar refractivity (Wildman–Crippen MR) is 78.9 cm³/mol. The van der Waals surface area contributed by atoms with E-state index in [0.717, 1.165) is 10.6 Å². The van der Waals surface area contributed by atoms with Crippen LogP contribution in [0.15, 0.2) is 53.4 Å². The second-order valence-corrected chi connectivity index (χ2v) is 5.52. The third kappa shape index (κ3) is 2.51. The number of carbonyl (C=O) groups is 1. The van der Waals surface area contributed by atoms with Crippen molar-refractivity contribution in [2.75, 3.05) is 12.9 Å². The number of benzene rings is 2. The van der Waals surface area contributed by atoms with Crippen molar-refractivity contribution in [2.45, 2.75) is 11.0 Å². The van der Waals surface area contributed by atoms with Gasteiger partial charge in [0.05, 0.1) is 7.11 Å². The molecule has 4 heteroatoms. The lowest BCUT2D eigenvalue weighted by molar-refractivity contribution is 0.0815. The van der Waals surface area contributed by atoms with Gasteiger partial charge < -0.3 is 9.47 Å². The number of para-hydroxylation sites is 1. The SMILES string of the molecule is COc1cccc(C(=O)C2CSc3ccccc3O2)c1. The molecule has 1 heterocycles. The summed E-state index contributed by atoms with van der Waals surface area (Å²) in [4.78, 5) is 13.6. The number of rotatable bonds is 3. The maximum absolute atomic E-state index is 12.5. The predicted octanol–water partition coefficient (Wildman–Crippen LogP) is 3.43. The fourth-order valence-corrected chi connectivity index (χ4v) is 3.09. The Morgan fingerprint density at radius 3 is 2.95 bits per heavy atom. The van der Waals surface area contributed by atoms with Gasteiger partial charge in [-0.2, -0.15) is 0 Å². The van der Waals surface area contributed by atoms with Crippen LogP contribution in [-0.2, 0) is 0 Å². The first kappa shape index (κ1) is 13.1. The van der Waals surface area contributed by atoms with Crippen LogP contribution in [0.2, 0.25) is 0 Å². The molecule has 1 aliphatic rings. The Labute approximate surface area is 121 Å². The highest BCUT2D eigenvalue weighted by Crippen LogP contribution is 2.35. The third-order valence-electron chi connectivity index (χ3n) is 3.16. The number of ether oxygens (including phenoxy) is 2. The van der Waals surface area contributed by atoms with Crippen LogP contribution >= 0.6 is 11.8 Å². The Bertz CT molecular complexity index is 639. The molecular weight excluding hydrogens is 272 g/mol. The molecule has 3 rings (SSSR count). The van der Waals surface area contributed by atoms with Gasteiger partial charge >= 0.3 is 0 Å². The second-order valence-electron chi connectivity index (χ2n) is 4.46. The van der Waals surface area contributed by atoms with Crippen molar-refractivity contribution in [3.8, 4) is 11.5 Å². The third-order valence-corrected chi connectivity index (χ3v) is 4.27. The first-order valence-corrected chi connectivity index (χ1v) is 7.33. The molecule has 20 heavy (non-hydrogen) atoms. The summed E-state index contributed by atoms with van der Waals surface area (Å²) in [5.41, 5.74) is 0.620. The van der Waals surface area contributed by atoms with Crippen LogP contribution in [0, 0.1) is 0 Å². The van der Waals surface area contributed by atoms with Crippen LogP contribution < -0.4 is 9.47 Å². The quantitative estimate of drug-likeness (QED) is 0.810. The molecule has 1 atom stereocenters. The molecule has 0 bridgehead atoms. The zero-order chi connectivity index (χ0) is 13.9. The monoisotopic (exact) mass is 286 g/mol. The van der Waals surface area contributed by atoms with Gasteiger partial charge in [-0.05, 0) is 24.3 Å². The van der Waals surface area contributed by atoms with Crippen molar-refractivity contribution < 1.29 is 14.3 Å². The van der Waals surface area contributed by atoms with Gasteiger partial charge in [-0.25, -0.2) is 0 Å². The zero-order valence-electron chi connectivity index (χ0n) is 11.0. The topological polar surface area (TPSA) is 35.5 Å². The molecule has 2 aromatic rings. The van der Waals surface area contributed by atoms with E-state index in [4.69, 9.17) is 9.47 Å². The molecule has 1 aliphatic heterocycles. The van der Waals surface area contributed by atoms with Crippen LogP contribution in [0.5, 0.6) is 11.5 Å². The minimum absolute atomic E-state index is 0.00842. The fourth-order valence-electron chi connectivity index (χ4n) is 2.11. The lowest BCUT2D eigenvalue weighted by atomic mass is 10.1. The van der Waals surface area contributed by atoms with Crippen LogP contribution in [-0.4, -0.2) is 24.7 Å². The smallest absolute Gasteiger partial charge is 0.204 e. The normalized spacial score (nSPS) is 16.9. The first-order chi connectivity index (χ1) is 9.78. The van der Waals surface area contributed by atoms with Crippen molar-refractivity contribution in [1.29, 1.82) is 0 Å². The molecule has 0 N–H and O–H groups in total. The van der Waals surface area contributed by atoms with Crippen molar-refractivity contribution >= 4 is 17.5 Å². The second kappa shape index (κ2) is 5.59. The van der Waals surface area contributed by atoms with E-state index in [9.17, 15) is 4.79 Å².